The predicted octanol–water partition coefficient (Wildman–Crippen LogP) is 3.63. The number of carboxylic acids is 1. The Balaban J connectivity index is 1.41. The van der Waals surface area contributed by atoms with Crippen molar-refractivity contribution in [3.8, 4) is 11.1 Å². The Morgan fingerprint density at radius 3 is 2.16 bits per heavy atom. The maximum Gasteiger partial charge on any atom is 0.408 e. The van der Waals surface area contributed by atoms with Gasteiger partial charge in [0.2, 0.25) is 5.91 Å². The van der Waals surface area contributed by atoms with E-state index in [4.69, 9.17) is 4.74 Å². The first-order valence-corrected chi connectivity index (χ1v) is 10.9. The minimum Gasteiger partial charge on any atom is -0.481 e. The quantitative estimate of drug-likeness (QED) is 0.746. The molecule has 1 aliphatic carbocycles. The second kappa shape index (κ2) is 8.30. The zero-order chi connectivity index (χ0) is 23.0. The Morgan fingerprint density at radius 2 is 1.62 bits per heavy atom. The van der Waals surface area contributed by atoms with Gasteiger partial charge in [-0.25, -0.2) is 4.79 Å². The molecule has 4 rings (SSSR count). The van der Waals surface area contributed by atoms with E-state index >= 15 is 0 Å². The van der Waals surface area contributed by atoms with E-state index in [0.29, 0.717) is 13.0 Å². The van der Waals surface area contributed by atoms with Crippen LogP contribution in [-0.4, -0.2) is 52.7 Å². The topological polar surface area (TPSA) is 95.9 Å². The number of carboxylic acid groups (broad SMARTS) is 1. The minimum absolute atomic E-state index is 0.0677. The largest absolute Gasteiger partial charge is 0.481 e. The highest BCUT2D eigenvalue weighted by atomic mass is 16.5. The molecule has 7 heteroatoms. The zero-order valence-electron chi connectivity index (χ0n) is 18.5. The fourth-order valence-electron chi connectivity index (χ4n) is 4.86. The lowest BCUT2D eigenvalue weighted by Gasteiger charge is -2.33. The average Bonchev–Trinajstić information content (AvgIpc) is 3.29. The maximum absolute atomic E-state index is 13.0. The summed E-state index contributed by atoms with van der Waals surface area (Å²) in [5.74, 6) is -1.89. The van der Waals surface area contributed by atoms with Gasteiger partial charge in [0.1, 0.15) is 12.1 Å². The zero-order valence-corrected chi connectivity index (χ0v) is 18.5. The highest BCUT2D eigenvalue weighted by Gasteiger charge is 2.43. The van der Waals surface area contributed by atoms with Crippen LogP contribution in [0.3, 0.4) is 0 Å². The number of nitrogens with zero attached hydrogens (tertiary/aromatic N) is 1. The van der Waals surface area contributed by atoms with Crippen molar-refractivity contribution in [1.82, 2.24) is 10.2 Å². The number of amides is 2. The van der Waals surface area contributed by atoms with E-state index in [1.54, 1.807) is 20.8 Å². The molecule has 32 heavy (non-hydrogen) atoms. The van der Waals surface area contributed by atoms with Crippen LogP contribution >= 0.6 is 0 Å². The molecule has 2 N–H and O–H groups in total. The number of nitrogens with one attached hydrogen (secondary N) is 1. The summed E-state index contributed by atoms with van der Waals surface area (Å²) in [6.07, 6.45) is -0.268. The number of carbonyl (C=O) groups is 3. The summed E-state index contributed by atoms with van der Waals surface area (Å²) >= 11 is 0. The third kappa shape index (κ3) is 3.83. The first kappa shape index (κ1) is 21.9. The molecule has 7 nitrogen and oxygen atoms in total. The van der Waals surface area contributed by atoms with Gasteiger partial charge in [-0.05, 0) is 49.4 Å². The van der Waals surface area contributed by atoms with Gasteiger partial charge in [0.25, 0.3) is 0 Å². The molecular weight excluding hydrogens is 408 g/mol. The van der Waals surface area contributed by atoms with Crippen LogP contribution in [0.4, 0.5) is 4.79 Å². The number of fused-ring (bicyclic) bond motifs is 3. The molecule has 1 aliphatic heterocycles. The first-order chi connectivity index (χ1) is 15.2. The Morgan fingerprint density at radius 1 is 1.06 bits per heavy atom. The predicted molar refractivity (Wildman–Crippen MR) is 119 cm³/mol. The summed E-state index contributed by atoms with van der Waals surface area (Å²) in [5.41, 5.74) is 3.29. The van der Waals surface area contributed by atoms with Gasteiger partial charge < -0.3 is 20.1 Å². The SMILES string of the molecule is CC1C(C(=O)O)CCN1C(=O)C(C)(C)NC(=O)OCC1c2ccccc2-c2ccccc21. The van der Waals surface area contributed by atoms with Gasteiger partial charge in [-0.15, -0.1) is 0 Å². The van der Waals surface area contributed by atoms with Crippen LogP contribution < -0.4 is 5.32 Å². The molecule has 2 amide bonds. The summed E-state index contributed by atoms with van der Waals surface area (Å²) in [6.45, 7) is 5.46. The van der Waals surface area contributed by atoms with Gasteiger partial charge >= 0.3 is 12.1 Å². The molecule has 2 atom stereocenters. The van der Waals surface area contributed by atoms with Gasteiger partial charge in [0, 0.05) is 18.5 Å². The van der Waals surface area contributed by atoms with E-state index < -0.39 is 29.6 Å². The van der Waals surface area contributed by atoms with Crippen molar-refractivity contribution in [2.75, 3.05) is 13.2 Å². The van der Waals surface area contributed by atoms with Crippen molar-refractivity contribution in [1.29, 1.82) is 0 Å². The third-order valence-corrected chi connectivity index (χ3v) is 6.63. The van der Waals surface area contributed by atoms with E-state index in [9.17, 15) is 19.5 Å². The van der Waals surface area contributed by atoms with E-state index in [-0.39, 0.29) is 18.4 Å². The van der Waals surface area contributed by atoms with Crippen molar-refractivity contribution < 1.29 is 24.2 Å². The molecule has 0 saturated carbocycles. The van der Waals surface area contributed by atoms with E-state index in [2.05, 4.69) is 17.4 Å². The van der Waals surface area contributed by atoms with Crippen molar-refractivity contribution in [3.05, 3.63) is 59.7 Å². The van der Waals surface area contributed by atoms with Crippen LogP contribution in [0.15, 0.2) is 48.5 Å². The van der Waals surface area contributed by atoms with Gasteiger partial charge in [-0.1, -0.05) is 48.5 Å². The van der Waals surface area contributed by atoms with E-state index in [1.165, 1.54) is 4.90 Å². The number of aliphatic carboxylic acids is 1. The third-order valence-electron chi connectivity index (χ3n) is 6.63. The second-order valence-electron chi connectivity index (χ2n) is 9.05. The van der Waals surface area contributed by atoms with Gasteiger partial charge in [0.15, 0.2) is 0 Å². The van der Waals surface area contributed by atoms with Crippen LogP contribution in [0.1, 0.15) is 44.2 Å². The molecule has 1 fully saturated rings. The van der Waals surface area contributed by atoms with Gasteiger partial charge in [0.05, 0.1) is 5.92 Å². The summed E-state index contributed by atoms with van der Waals surface area (Å²) in [4.78, 5) is 38.5. The number of alkyl carbamates (subject to hydrolysis) is 1. The molecular formula is C25H28N2O5. The standard InChI is InChI=1S/C25H28N2O5/c1-15-16(22(28)29)12-13-27(15)23(30)25(2,3)26-24(31)32-14-21-19-10-6-4-8-17(19)18-9-5-7-11-20(18)21/h4-11,15-16,21H,12-14H2,1-3H3,(H,26,31)(H,28,29). The number of hydrogen-bond donors (Lipinski definition) is 2. The van der Waals surface area contributed by atoms with Crippen molar-refractivity contribution in [2.24, 2.45) is 5.92 Å². The molecule has 0 radical (unpaired) electrons. The fraction of sp³-hybridized carbons (Fsp3) is 0.400. The van der Waals surface area contributed by atoms with E-state index in [1.807, 2.05) is 36.4 Å². The Bertz CT molecular complexity index is 1020. The van der Waals surface area contributed by atoms with Crippen molar-refractivity contribution >= 4 is 18.0 Å². The Hall–Kier alpha value is -3.35. The molecule has 168 valence electrons. The Kier molecular flexibility index (Phi) is 5.67. The monoisotopic (exact) mass is 436 g/mol. The molecule has 0 aromatic heterocycles. The first-order valence-electron chi connectivity index (χ1n) is 10.9. The van der Waals surface area contributed by atoms with Crippen molar-refractivity contribution in [2.45, 2.75) is 44.7 Å². The molecule has 2 aliphatic rings. The highest BCUT2D eigenvalue weighted by Crippen LogP contribution is 2.44. The lowest BCUT2D eigenvalue weighted by atomic mass is 9.98. The minimum atomic E-state index is -1.22. The number of rotatable bonds is 5. The number of carbonyl (C=O) groups excluding carboxylic acids is 2. The average molecular weight is 437 g/mol. The van der Waals surface area contributed by atoms with Crippen molar-refractivity contribution in [3.63, 3.8) is 0 Å². The van der Waals surface area contributed by atoms with Crippen LogP contribution in [0.5, 0.6) is 0 Å². The molecule has 0 spiro atoms. The summed E-state index contributed by atoms with van der Waals surface area (Å²) in [7, 11) is 0. The fourth-order valence-corrected chi connectivity index (χ4v) is 4.86. The van der Waals surface area contributed by atoms with Crippen LogP contribution in [0, 0.1) is 5.92 Å². The number of ether oxygens (including phenoxy) is 1. The van der Waals surface area contributed by atoms with E-state index in [0.717, 1.165) is 22.3 Å². The van der Waals surface area contributed by atoms with Crippen LogP contribution in [-0.2, 0) is 14.3 Å². The van der Waals surface area contributed by atoms with Gasteiger partial charge in [-0.3, -0.25) is 9.59 Å². The summed E-state index contributed by atoms with van der Waals surface area (Å²) < 4.78 is 5.56. The molecule has 1 saturated heterocycles. The number of likely N-dealkylation sites (tertiary alicyclic amines) is 1. The van der Waals surface area contributed by atoms with Gasteiger partial charge in [-0.2, -0.15) is 0 Å². The molecule has 1 heterocycles. The lowest BCUT2D eigenvalue weighted by molar-refractivity contribution is -0.144. The normalized spacial score (nSPS) is 19.9. The highest BCUT2D eigenvalue weighted by molar-refractivity contribution is 5.90. The molecule has 2 aromatic carbocycles. The van der Waals surface area contributed by atoms with Crippen LogP contribution in [0.2, 0.25) is 0 Å². The number of benzene rings is 2. The Labute approximate surface area is 187 Å². The summed E-state index contributed by atoms with van der Waals surface area (Å²) in [6, 6.07) is 15.7. The summed E-state index contributed by atoms with van der Waals surface area (Å²) in [5, 5.41) is 12.0. The molecule has 2 unspecified atom stereocenters. The molecule has 0 bridgehead atoms. The molecule has 2 aromatic rings. The maximum atomic E-state index is 13.0. The smallest absolute Gasteiger partial charge is 0.408 e. The second-order valence-corrected chi connectivity index (χ2v) is 9.05. The lowest BCUT2D eigenvalue weighted by Crippen LogP contribution is -2.57. The number of hydrogen-bond acceptors (Lipinski definition) is 4. The van der Waals surface area contributed by atoms with Crippen LogP contribution in [0.25, 0.3) is 11.1 Å².